The fourth-order valence-corrected chi connectivity index (χ4v) is 3.97. The number of nitrogens with two attached hydrogens (primary N) is 1. The maximum Gasteiger partial charge on any atom is 0.218 e. The molecule has 0 saturated carbocycles. The fourth-order valence-electron chi connectivity index (χ4n) is 3.39. The van der Waals surface area contributed by atoms with Crippen molar-refractivity contribution in [3.8, 4) is 11.1 Å². The van der Waals surface area contributed by atoms with Gasteiger partial charge in [0.2, 0.25) is 6.41 Å². The van der Waals surface area contributed by atoms with E-state index in [1.54, 1.807) is 31.2 Å². The summed E-state index contributed by atoms with van der Waals surface area (Å²) < 4.78 is 32.8. The molecule has 0 heterocycles. The second-order valence-electron chi connectivity index (χ2n) is 7.25. The van der Waals surface area contributed by atoms with Gasteiger partial charge < -0.3 is 10.8 Å². The number of anilines is 2. The highest BCUT2D eigenvalue weighted by atomic mass is 32.2. The number of aryl methyl sites for hydroxylation is 1. The molecule has 0 saturated heterocycles. The zero-order valence-electron chi connectivity index (χ0n) is 18.6. The molecule has 1 amide bonds. The van der Waals surface area contributed by atoms with Gasteiger partial charge in [-0.15, -0.1) is 0 Å². The fraction of sp³-hybridized carbons (Fsp3) is 0.0769. The van der Waals surface area contributed by atoms with E-state index in [2.05, 4.69) is 4.40 Å². The molecule has 0 atom stereocenters. The van der Waals surface area contributed by atoms with Crippen molar-refractivity contribution in [1.29, 1.82) is 0 Å². The molecule has 0 unspecified atom stereocenters. The summed E-state index contributed by atoms with van der Waals surface area (Å²) in [5.74, 6) is -0.886. The van der Waals surface area contributed by atoms with E-state index in [9.17, 15) is 9.18 Å². The first-order valence-corrected chi connectivity index (χ1v) is 11.0. The van der Waals surface area contributed by atoms with Crippen LogP contribution in [0.15, 0.2) is 82.3 Å². The number of aliphatic hydroxyl groups excluding tert-OH is 1. The maximum atomic E-state index is 15.1. The van der Waals surface area contributed by atoms with E-state index >= 15 is 4.39 Å². The molecular weight excluding hydrogens is 456 g/mol. The number of carbonyl (C=O) groups excluding carboxylic acids is 1. The minimum atomic E-state index is -0.570. The lowest BCUT2D eigenvalue weighted by atomic mass is 10.0. The molecular formula is C26H23F2N3O2S. The summed E-state index contributed by atoms with van der Waals surface area (Å²) in [5, 5.41) is 8.77. The number of allylic oxidation sites excluding steroid dienone is 1. The van der Waals surface area contributed by atoms with E-state index in [0.29, 0.717) is 34.5 Å². The molecule has 3 aromatic rings. The smallest absolute Gasteiger partial charge is 0.218 e. The SMILES string of the molecule is C/C=C\c1cc(S/N=C(N)/C=C\O)ccc1N(C=O)c1cc(F)c(-c2cccc(F)c2)cc1C. The highest BCUT2D eigenvalue weighted by Crippen LogP contribution is 2.36. The van der Waals surface area contributed by atoms with Crippen LogP contribution < -0.4 is 10.6 Å². The zero-order chi connectivity index (χ0) is 24.7. The van der Waals surface area contributed by atoms with Gasteiger partial charge in [-0.2, -0.15) is 4.40 Å². The lowest BCUT2D eigenvalue weighted by Crippen LogP contribution is -2.17. The molecule has 0 spiro atoms. The van der Waals surface area contributed by atoms with Crippen LogP contribution in [0.5, 0.6) is 0 Å². The van der Waals surface area contributed by atoms with Crippen LogP contribution in [-0.4, -0.2) is 17.4 Å². The number of hydrogen-bond acceptors (Lipinski definition) is 4. The third-order valence-corrected chi connectivity index (χ3v) is 5.66. The van der Waals surface area contributed by atoms with Crippen LogP contribution >= 0.6 is 11.9 Å². The predicted octanol–water partition coefficient (Wildman–Crippen LogP) is 6.70. The van der Waals surface area contributed by atoms with Gasteiger partial charge in [-0.1, -0.05) is 24.3 Å². The standard InChI is InChI=1S/C26H23F2N3O2S/c1-3-5-19-14-21(34-30-26(29)10-11-32)8-9-24(19)31(16-33)25-15-23(28)22(12-17(25)2)18-6-4-7-20(27)13-18/h3-16,32H,1-2H3,(H2,29,30)/b5-3-,11-10-. The molecule has 34 heavy (non-hydrogen) atoms. The Kier molecular flexibility index (Phi) is 8.21. The van der Waals surface area contributed by atoms with Gasteiger partial charge in [0.05, 0.1) is 17.6 Å². The molecule has 0 fully saturated rings. The average Bonchev–Trinajstić information content (AvgIpc) is 2.81. The second-order valence-corrected chi connectivity index (χ2v) is 8.08. The number of halogens is 2. The Morgan fingerprint density at radius 2 is 1.91 bits per heavy atom. The first kappa shape index (κ1) is 24.7. The summed E-state index contributed by atoms with van der Waals surface area (Å²) >= 11 is 1.11. The largest absolute Gasteiger partial charge is 0.515 e. The van der Waals surface area contributed by atoms with Crippen LogP contribution in [0.3, 0.4) is 0 Å². The van der Waals surface area contributed by atoms with Crippen LogP contribution in [0.25, 0.3) is 17.2 Å². The van der Waals surface area contributed by atoms with Crippen LogP contribution in [0.2, 0.25) is 0 Å². The molecule has 3 rings (SSSR count). The minimum Gasteiger partial charge on any atom is -0.515 e. The molecule has 3 aromatic carbocycles. The number of rotatable bonds is 8. The van der Waals surface area contributed by atoms with E-state index in [1.807, 2.05) is 25.1 Å². The molecule has 0 aliphatic rings. The third kappa shape index (κ3) is 5.71. The van der Waals surface area contributed by atoms with Gasteiger partial charge in [0.25, 0.3) is 0 Å². The van der Waals surface area contributed by atoms with Crippen LogP contribution in [-0.2, 0) is 4.79 Å². The molecule has 0 aliphatic carbocycles. The van der Waals surface area contributed by atoms with Crippen molar-refractivity contribution in [3.63, 3.8) is 0 Å². The molecule has 0 bridgehead atoms. The normalized spacial score (nSPS) is 11.9. The van der Waals surface area contributed by atoms with Crippen LogP contribution in [0.4, 0.5) is 20.2 Å². The first-order valence-electron chi connectivity index (χ1n) is 10.3. The highest BCUT2D eigenvalue weighted by molar-refractivity contribution is 7.98. The van der Waals surface area contributed by atoms with Crippen molar-refractivity contribution in [2.75, 3.05) is 4.90 Å². The van der Waals surface area contributed by atoms with Crippen LogP contribution in [0.1, 0.15) is 18.1 Å². The summed E-state index contributed by atoms with van der Waals surface area (Å²) in [6, 6.07) is 13.9. The molecule has 5 nitrogen and oxygen atoms in total. The van der Waals surface area contributed by atoms with E-state index in [-0.39, 0.29) is 11.4 Å². The Labute approximate surface area is 201 Å². The minimum absolute atomic E-state index is 0.142. The molecule has 3 N–H and O–H groups in total. The van der Waals surface area contributed by atoms with Gasteiger partial charge in [0.1, 0.15) is 17.5 Å². The highest BCUT2D eigenvalue weighted by Gasteiger charge is 2.18. The number of carbonyl (C=O) groups is 1. The average molecular weight is 480 g/mol. The Morgan fingerprint density at radius 3 is 2.59 bits per heavy atom. The van der Waals surface area contributed by atoms with Crippen molar-refractivity contribution in [1.82, 2.24) is 0 Å². The van der Waals surface area contributed by atoms with Gasteiger partial charge in [0, 0.05) is 28.5 Å². The summed E-state index contributed by atoms with van der Waals surface area (Å²) in [6.45, 7) is 3.61. The van der Waals surface area contributed by atoms with Gasteiger partial charge in [-0.25, -0.2) is 8.78 Å². The summed E-state index contributed by atoms with van der Waals surface area (Å²) in [6.07, 6.45) is 6.33. The summed E-state index contributed by atoms with van der Waals surface area (Å²) in [7, 11) is 0. The first-order chi connectivity index (χ1) is 16.4. The van der Waals surface area contributed by atoms with Gasteiger partial charge in [0.15, 0.2) is 0 Å². The van der Waals surface area contributed by atoms with Gasteiger partial charge >= 0.3 is 0 Å². The number of hydrogen-bond donors (Lipinski definition) is 2. The van der Waals surface area contributed by atoms with Gasteiger partial charge in [-0.3, -0.25) is 9.69 Å². The van der Waals surface area contributed by atoms with Crippen molar-refractivity contribution in [2.45, 2.75) is 18.7 Å². The zero-order valence-corrected chi connectivity index (χ0v) is 19.4. The number of amidine groups is 1. The summed E-state index contributed by atoms with van der Waals surface area (Å²) in [5.41, 5.74) is 8.59. The van der Waals surface area contributed by atoms with Crippen LogP contribution in [0, 0.1) is 18.6 Å². The number of amides is 1. The predicted molar refractivity (Wildman–Crippen MR) is 135 cm³/mol. The third-order valence-electron chi connectivity index (χ3n) is 4.89. The summed E-state index contributed by atoms with van der Waals surface area (Å²) in [4.78, 5) is 14.3. The van der Waals surface area contributed by atoms with E-state index in [4.69, 9.17) is 10.8 Å². The van der Waals surface area contributed by atoms with E-state index in [1.165, 1.54) is 35.2 Å². The lowest BCUT2D eigenvalue weighted by Gasteiger charge is -2.23. The maximum absolute atomic E-state index is 15.1. The van der Waals surface area contributed by atoms with Crippen molar-refractivity contribution in [2.24, 2.45) is 10.1 Å². The van der Waals surface area contributed by atoms with Gasteiger partial charge in [-0.05, 0) is 73.0 Å². The van der Waals surface area contributed by atoms with E-state index in [0.717, 1.165) is 23.1 Å². The topological polar surface area (TPSA) is 78.9 Å². The Hall–Kier alpha value is -3.91. The molecule has 8 heteroatoms. The van der Waals surface area contributed by atoms with E-state index < -0.39 is 11.6 Å². The monoisotopic (exact) mass is 479 g/mol. The number of aliphatic hydroxyl groups is 1. The Bertz CT molecular complexity index is 1290. The number of nitrogens with zero attached hydrogens (tertiary/aromatic N) is 2. The molecule has 174 valence electrons. The van der Waals surface area contributed by atoms with Crippen molar-refractivity contribution >= 4 is 41.6 Å². The second kappa shape index (κ2) is 11.3. The molecule has 0 aliphatic heterocycles. The molecule has 0 aromatic heterocycles. The lowest BCUT2D eigenvalue weighted by molar-refractivity contribution is -0.106. The molecule has 0 radical (unpaired) electrons. The Balaban J connectivity index is 2.03. The quantitative estimate of drug-likeness (QED) is 0.124. The van der Waals surface area contributed by atoms with Crippen molar-refractivity contribution in [3.05, 3.63) is 95.8 Å². The Morgan fingerprint density at radius 1 is 1.12 bits per heavy atom. The number of benzene rings is 3. The van der Waals surface area contributed by atoms with Crippen molar-refractivity contribution < 1.29 is 18.7 Å².